The Bertz CT molecular complexity index is 675. The van der Waals surface area contributed by atoms with Gasteiger partial charge >= 0.3 is 0 Å². The predicted molar refractivity (Wildman–Crippen MR) is 94.4 cm³/mol. The van der Waals surface area contributed by atoms with Gasteiger partial charge in [0, 0.05) is 6.42 Å². The largest absolute Gasteiger partial charge is 0.391 e. The van der Waals surface area contributed by atoms with Crippen LogP contribution in [0, 0.1) is 0 Å². The van der Waals surface area contributed by atoms with E-state index in [1.165, 1.54) is 0 Å². The molecule has 0 aliphatic carbocycles. The second-order valence-corrected chi connectivity index (χ2v) is 6.51. The van der Waals surface area contributed by atoms with Crippen LogP contribution in [0.5, 0.6) is 0 Å². The average molecular weight is 324 g/mol. The van der Waals surface area contributed by atoms with Crippen LogP contribution in [-0.4, -0.2) is 28.8 Å². The molecule has 1 saturated heterocycles. The van der Waals surface area contributed by atoms with E-state index in [0.717, 1.165) is 17.5 Å². The van der Waals surface area contributed by atoms with Gasteiger partial charge in [0.25, 0.3) is 0 Å². The van der Waals surface area contributed by atoms with E-state index in [4.69, 9.17) is 0 Å². The molecule has 1 amide bonds. The fraction of sp³-hybridized carbons (Fsp3) is 0.350. The van der Waals surface area contributed by atoms with Gasteiger partial charge in [0.1, 0.15) is 5.54 Å². The Morgan fingerprint density at radius 3 is 2.17 bits per heavy atom. The summed E-state index contributed by atoms with van der Waals surface area (Å²) in [5, 5.41) is 17.1. The van der Waals surface area contributed by atoms with Crippen LogP contribution in [0.1, 0.15) is 24.5 Å². The Kier molecular flexibility index (Phi) is 4.97. The van der Waals surface area contributed by atoms with E-state index in [9.17, 15) is 9.90 Å². The van der Waals surface area contributed by atoms with Crippen LogP contribution >= 0.6 is 0 Å². The Hall–Kier alpha value is -2.17. The third kappa shape index (κ3) is 3.50. The molecule has 126 valence electrons. The number of carbonyl (C=O) groups excluding carboxylic acids is 1. The van der Waals surface area contributed by atoms with Crippen LogP contribution in [0.15, 0.2) is 60.7 Å². The highest BCUT2D eigenvalue weighted by atomic mass is 16.3. The Morgan fingerprint density at radius 1 is 1.04 bits per heavy atom. The molecule has 1 heterocycles. The van der Waals surface area contributed by atoms with Crippen molar-refractivity contribution in [3.63, 3.8) is 0 Å². The van der Waals surface area contributed by atoms with Crippen molar-refractivity contribution in [2.24, 2.45) is 0 Å². The zero-order valence-corrected chi connectivity index (χ0v) is 13.9. The highest BCUT2D eigenvalue weighted by Gasteiger charge is 2.50. The molecule has 1 aliphatic heterocycles. The molecule has 24 heavy (non-hydrogen) atoms. The number of carbonyl (C=O) groups is 1. The lowest BCUT2D eigenvalue weighted by molar-refractivity contribution is -0.128. The number of nitrogens with one attached hydrogen (secondary N) is 2. The summed E-state index contributed by atoms with van der Waals surface area (Å²) in [6.07, 6.45) is 0.835. The number of aliphatic hydroxyl groups excluding tert-OH is 1. The van der Waals surface area contributed by atoms with Gasteiger partial charge in [0.2, 0.25) is 5.91 Å². The summed E-state index contributed by atoms with van der Waals surface area (Å²) in [5.41, 5.74) is 1.22. The number of aryl methyl sites for hydroxylation is 1. The van der Waals surface area contributed by atoms with E-state index in [0.29, 0.717) is 12.8 Å². The van der Waals surface area contributed by atoms with Gasteiger partial charge in [-0.05, 0) is 30.9 Å². The van der Waals surface area contributed by atoms with Crippen molar-refractivity contribution < 1.29 is 9.90 Å². The third-order valence-electron chi connectivity index (χ3n) is 4.67. The van der Waals surface area contributed by atoms with E-state index < -0.39 is 11.6 Å². The van der Waals surface area contributed by atoms with Crippen LogP contribution in [0.4, 0.5) is 0 Å². The zero-order valence-electron chi connectivity index (χ0n) is 13.9. The van der Waals surface area contributed by atoms with Crippen molar-refractivity contribution in [3.05, 3.63) is 71.8 Å². The van der Waals surface area contributed by atoms with Gasteiger partial charge in [-0.3, -0.25) is 10.1 Å². The van der Waals surface area contributed by atoms with Crippen molar-refractivity contribution in [3.8, 4) is 0 Å². The summed E-state index contributed by atoms with van der Waals surface area (Å²) in [6.45, 7) is 1.90. The fourth-order valence-corrected chi connectivity index (χ4v) is 3.42. The van der Waals surface area contributed by atoms with Gasteiger partial charge in [-0.15, -0.1) is 0 Å². The van der Waals surface area contributed by atoms with Crippen molar-refractivity contribution in [2.45, 2.75) is 44.0 Å². The van der Waals surface area contributed by atoms with Crippen molar-refractivity contribution in [1.29, 1.82) is 0 Å². The predicted octanol–water partition coefficient (Wildman–Crippen LogP) is 2.03. The minimum atomic E-state index is -0.977. The molecule has 3 N–H and O–H groups in total. The molecular formula is C20H24N2O2. The Labute approximate surface area is 142 Å². The number of hydrogen-bond acceptors (Lipinski definition) is 3. The molecule has 4 nitrogen and oxygen atoms in total. The molecule has 0 spiro atoms. The lowest BCUT2D eigenvalue weighted by Crippen LogP contribution is -2.58. The van der Waals surface area contributed by atoms with Gasteiger partial charge in [0.15, 0.2) is 0 Å². The molecule has 2 aromatic carbocycles. The van der Waals surface area contributed by atoms with E-state index in [-0.39, 0.29) is 12.1 Å². The Morgan fingerprint density at radius 2 is 1.62 bits per heavy atom. The third-order valence-corrected chi connectivity index (χ3v) is 4.67. The average Bonchev–Trinajstić information content (AvgIpc) is 2.89. The number of aliphatic hydroxyl groups is 1. The van der Waals surface area contributed by atoms with Crippen LogP contribution in [0.3, 0.4) is 0 Å². The van der Waals surface area contributed by atoms with Gasteiger partial charge in [-0.2, -0.15) is 0 Å². The molecule has 2 unspecified atom stereocenters. The fourth-order valence-electron chi connectivity index (χ4n) is 3.42. The van der Waals surface area contributed by atoms with Gasteiger partial charge < -0.3 is 10.4 Å². The first-order chi connectivity index (χ1) is 11.6. The smallest absolute Gasteiger partial charge is 0.244 e. The summed E-state index contributed by atoms with van der Waals surface area (Å²) in [7, 11) is 0. The maximum absolute atomic E-state index is 12.6. The number of hydrogen-bond donors (Lipinski definition) is 3. The second kappa shape index (κ2) is 7.16. The second-order valence-electron chi connectivity index (χ2n) is 6.51. The molecule has 0 radical (unpaired) electrons. The molecule has 2 aromatic rings. The van der Waals surface area contributed by atoms with Gasteiger partial charge in [-0.25, -0.2) is 0 Å². The first-order valence-electron chi connectivity index (χ1n) is 8.45. The summed E-state index contributed by atoms with van der Waals surface area (Å²) < 4.78 is 0. The summed E-state index contributed by atoms with van der Waals surface area (Å²) in [6, 6.07) is 19.9. The quantitative estimate of drug-likeness (QED) is 0.762. The molecule has 1 aliphatic rings. The summed E-state index contributed by atoms with van der Waals surface area (Å²) >= 11 is 0. The monoisotopic (exact) mass is 324 g/mol. The molecule has 0 bridgehead atoms. The molecule has 1 fully saturated rings. The maximum atomic E-state index is 12.6. The highest BCUT2D eigenvalue weighted by molar-refractivity contribution is 5.89. The first-order valence-corrected chi connectivity index (χ1v) is 8.45. The number of benzene rings is 2. The Balaban J connectivity index is 1.78. The summed E-state index contributed by atoms with van der Waals surface area (Å²) in [4.78, 5) is 12.6. The van der Waals surface area contributed by atoms with E-state index >= 15 is 0 Å². The lowest BCUT2D eigenvalue weighted by Gasteiger charge is -2.32. The van der Waals surface area contributed by atoms with Crippen LogP contribution in [0.2, 0.25) is 0 Å². The molecule has 4 heteroatoms. The van der Waals surface area contributed by atoms with Gasteiger partial charge in [0.05, 0.1) is 12.3 Å². The van der Waals surface area contributed by atoms with E-state index in [1.807, 2.05) is 67.6 Å². The van der Waals surface area contributed by atoms with Crippen LogP contribution < -0.4 is 10.6 Å². The number of rotatable bonds is 6. The first kappa shape index (κ1) is 16.7. The molecule has 0 saturated carbocycles. The molecule has 3 atom stereocenters. The van der Waals surface area contributed by atoms with Crippen molar-refractivity contribution in [2.75, 3.05) is 0 Å². The standard InChI is InChI=1S/C20H24N2O2/c1-15-21-19(24)20(22-15,14-17-10-6-3-7-11-17)18(23)13-12-16-8-4-2-5-9-16/h2-11,15,18,22-23H,12-14H2,1H3,(H,21,24)/t15?,18?,20-/m0/s1. The minimum absolute atomic E-state index is 0.126. The summed E-state index contributed by atoms with van der Waals surface area (Å²) in [5.74, 6) is -0.126. The van der Waals surface area contributed by atoms with Crippen LogP contribution in [0.25, 0.3) is 0 Å². The van der Waals surface area contributed by atoms with Gasteiger partial charge in [-0.1, -0.05) is 60.7 Å². The topological polar surface area (TPSA) is 61.4 Å². The molecular weight excluding hydrogens is 300 g/mol. The van der Waals surface area contributed by atoms with Crippen molar-refractivity contribution >= 4 is 5.91 Å². The normalized spacial score (nSPS) is 24.6. The maximum Gasteiger partial charge on any atom is 0.244 e. The minimum Gasteiger partial charge on any atom is -0.391 e. The van der Waals surface area contributed by atoms with E-state index in [2.05, 4.69) is 10.6 Å². The highest BCUT2D eigenvalue weighted by Crippen LogP contribution is 2.26. The lowest BCUT2D eigenvalue weighted by atomic mass is 9.82. The van der Waals surface area contributed by atoms with E-state index in [1.54, 1.807) is 0 Å². The van der Waals surface area contributed by atoms with Crippen molar-refractivity contribution in [1.82, 2.24) is 10.6 Å². The van der Waals surface area contributed by atoms with Crippen LogP contribution in [-0.2, 0) is 17.6 Å². The SMILES string of the molecule is CC1NC(=O)[C@](Cc2ccccc2)(C(O)CCc2ccccc2)N1. The molecule has 3 rings (SSSR count). The zero-order chi connectivity index (χ0) is 17.0. The molecule has 0 aromatic heterocycles. The number of amides is 1.